The van der Waals surface area contributed by atoms with Gasteiger partial charge in [-0.15, -0.1) is 0 Å². The van der Waals surface area contributed by atoms with E-state index < -0.39 is 0 Å². The largest absolute Gasteiger partial charge is 0.490 e. The van der Waals surface area contributed by atoms with E-state index in [4.69, 9.17) is 4.74 Å². The maximum absolute atomic E-state index is 6.26. The smallest absolute Gasteiger partial charge is 0.119 e. The number of benzene rings is 1. The summed E-state index contributed by atoms with van der Waals surface area (Å²) in [6, 6.07) is 8.68. The van der Waals surface area contributed by atoms with E-state index >= 15 is 0 Å². The van der Waals surface area contributed by atoms with Gasteiger partial charge in [0.1, 0.15) is 11.9 Å². The number of ether oxygens (including phenoxy) is 1. The number of alkyl halides is 1. The van der Waals surface area contributed by atoms with Crippen LogP contribution in [-0.2, 0) is 0 Å². The van der Waals surface area contributed by atoms with Gasteiger partial charge >= 0.3 is 0 Å². The van der Waals surface area contributed by atoms with E-state index in [1.807, 2.05) is 0 Å². The molecule has 2 fully saturated rings. The highest BCUT2D eigenvalue weighted by molar-refractivity contribution is 9.09. The molecule has 0 bridgehead atoms. The molecule has 2 atom stereocenters. The Morgan fingerprint density at radius 3 is 2.32 bits per heavy atom. The van der Waals surface area contributed by atoms with E-state index in [-0.39, 0.29) is 0 Å². The van der Waals surface area contributed by atoms with Gasteiger partial charge in [-0.3, -0.25) is 0 Å². The van der Waals surface area contributed by atoms with Crippen LogP contribution in [0.25, 0.3) is 0 Å². The highest BCUT2D eigenvalue weighted by Gasteiger charge is 2.56. The zero-order valence-electron chi connectivity index (χ0n) is 11.9. The minimum absolute atomic E-state index is 0.421. The number of rotatable bonds is 3. The van der Waals surface area contributed by atoms with E-state index in [2.05, 4.69) is 54.0 Å². The SMILES string of the molecule is CC(C)c1ccc(OC2CC(Br)C23CCCC3)cc1. The third-order valence-corrected chi connectivity index (χ3v) is 6.33. The fourth-order valence-electron chi connectivity index (χ4n) is 3.63. The minimum atomic E-state index is 0.421. The van der Waals surface area contributed by atoms with Crippen molar-refractivity contribution in [1.29, 1.82) is 0 Å². The van der Waals surface area contributed by atoms with Gasteiger partial charge < -0.3 is 4.74 Å². The lowest BCUT2D eigenvalue weighted by atomic mass is 9.64. The summed E-state index contributed by atoms with van der Waals surface area (Å²) in [6.45, 7) is 4.45. The van der Waals surface area contributed by atoms with Gasteiger partial charge in [0.05, 0.1) is 0 Å². The summed E-state index contributed by atoms with van der Waals surface area (Å²) in [6.07, 6.45) is 6.98. The van der Waals surface area contributed by atoms with Crippen LogP contribution >= 0.6 is 15.9 Å². The van der Waals surface area contributed by atoms with Gasteiger partial charge in [-0.2, -0.15) is 0 Å². The summed E-state index contributed by atoms with van der Waals surface area (Å²) in [5.74, 6) is 1.63. The zero-order chi connectivity index (χ0) is 13.5. The van der Waals surface area contributed by atoms with Gasteiger partial charge in [0.25, 0.3) is 0 Å². The Kier molecular flexibility index (Phi) is 3.63. The molecule has 104 valence electrons. The second-order valence-corrected chi connectivity index (χ2v) is 7.58. The van der Waals surface area contributed by atoms with Crippen LogP contribution in [0.15, 0.2) is 24.3 Å². The molecule has 0 saturated heterocycles. The van der Waals surface area contributed by atoms with Crippen molar-refractivity contribution in [1.82, 2.24) is 0 Å². The number of hydrogen-bond donors (Lipinski definition) is 0. The number of halogens is 1. The standard InChI is InChI=1S/C17H23BrO/c1-12(2)13-5-7-14(8-6-13)19-16-11-15(18)17(16)9-3-4-10-17/h5-8,12,15-16H,3-4,9-11H2,1-2H3. The maximum atomic E-state index is 6.26. The quantitative estimate of drug-likeness (QED) is 0.687. The highest BCUT2D eigenvalue weighted by atomic mass is 79.9. The molecular weight excluding hydrogens is 300 g/mol. The van der Waals surface area contributed by atoms with E-state index in [1.165, 1.54) is 31.2 Å². The third-order valence-electron chi connectivity index (χ3n) is 5.05. The van der Waals surface area contributed by atoms with Crippen LogP contribution < -0.4 is 4.74 Å². The first kappa shape index (κ1) is 13.5. The van der Waals surface area contributed by atoms with Crippen LogP contribution in [0.3, 0.4) is 0 Å². The molecule has 0 radical (unpaired) electrons. The fraction of sp³-hybridized carbons (Fsp3) is 0.647. The predicted octanol–water partition coefficient (Wildman–Crippen LogP) is 5.29. The molecule has 3 rings (SSSR count). The Bertz CT molecular complexity index is 431. The summed E-state index contributed by atoms with van der Waals surface area (Å²) in [5.41, 5.74) is 1.81. The lowest BCUT2D eigenvalue weighted by Gasteiger charge is -2.51. The second-order valence-electron chi connectivity index (χ2n) is 6.47. The Hall–Kier alpha value is -0.500. The van der Waals surface area contributed by atoms with E-state index in [9.17, 15) is 0 Å². The molecule has 0 N–H and O–H groups in total. The molecule has 0 aromatic heterocycles. The molecule has 19 heavy (non-hydrogen) atoms. The van der Waals surface area contributed by atoms with Gasteiger partial charge in [0.2, 0.25) is 0 Å². The molecule has 1 nitrogen and oxygen atoms in total. The van der Waals surface area contributed by atoms with Crippen molar-refractivity contribution in [2.45, 2.75) is 62.8 Å². The van der Waals surface area contributed by atoms with Gasteiger partial charge in [0.15, 0.2) is 0 Å². The Labute approximate surface area is 124 Å². The van der Waals surface area contributed by atoms with Gasteiger partial charge in [-0.1, -0.05) is 54.8 Å². The van der Waals surface area contributed by atoms with E-state index in [1.54, 1.807) is 0 Å². The molecule has 0 aliphatic heterocycles. The van der Waals surface area contributed by atoms with Crippen molar-refractivity contribution in [3.05, 3.63) is 29.8 Å². The molecule has 0 heterocycles. The van der Waals surface area contributed by atoms with Crippen LogP contribution in [0.1, 0.15) is 57.4 Å². The van der Waals surface area contributed by atoms with Crippen LogP contribution in [0.5, 0.6) is 5.75 Å². The first-order valence-corrected chi connectivity index (χ1v) is 8.44. The van der Waals surface area contributed by atoms with Crippen molar-refractivity contribution in [2.24, 2.45) is 5.41 Å². The Balaban J connectivity index is 1.68. The molecule has 2 unspecified atom stereocenters. The van der Waals surface area contributed by atoms with Crippen molar-refractivity contribution in [3.8, 4) is 5.75 Å². The second kappa shape index (κ2) is 5.12. The molecule has 0 amide bonds. The minimum Gasteiger partial charge on any atom is -0.490 e. The molecule has 1 spiro atoms. The third kappa shape index (κ3) is 2.33. The topological polar surface area (TPSA) is 9.23 Å². The summed E-state index contributed by atoms with van der Waals surface area (Å²) in [7, 11) is 0. The van der Waals surface area contributed by atoms with Gasteiger partial charge in [-0.25, -0.2) is 0 Å². The van der Waals surface area contributed by atoms with Crippen molar-refractivity contribution >= 4 is 15.9 Å². The average Bonchev–Trinajstić information content (AvgIpc) is 2.91. The zero-order valence-corrected chi connectivity index (χ0v) is 13.4. The van der Waals surface area contributed by atoms with Crippen LogP contribution in [-0.4, -0.2) is 10.9 Å². The predicted molar refractivity (Wildman–Crippen MR) is 83.2 cm³/mol. The number of hydrogen-bond acceptors (Lipinski definition) is 1. The monoisotopic (exact) mass is 322 g/mol. The molecule has 1 aromatic carbocycles. The molecule has 2 heteroatoms. The van der Waals surface area contributed by atoms with Crippen LogP contribution in [0.4, 0.5) is 0 Å². The summed E-state index contributed by atoms with van der Waals surface area (Å²) >= 11 is 3.85. The Morgan fingerprint density at radius 1 is 1.16 bits per heavy atom. The molecule has 2 aliphatic carbocycles. The fourth-order valence-corrected chi connectivity index (χ4v) is 4.72. The van der Waals surface area contributed by atoms with E-state index in [0.29, 0.717) is 22.3 Å². The molecule has 2 aliphatic rings. The van der Waals surface area contributed by atoms with Gasteiger partial charge in [0, 0.05) is 10.2 Å². The van der Waals surface area contributed by atoms with Gasteiger partial charge in [-0.05, 0) is 42.9 Å². The van der Waals surface area contributed by atoms with Crippen LogP contribution in [0.2, 0.25) is 0 Å². The normalized spacial score (nSPS) is 28.6. The lowest BCUT2D eigenvalue weighted by molar-refractivity contribution is -0.0303. The maximum Gasteiger partial charge on any atom is 0.119 e. The summed E-state index contributed by atoms with van der Waals surface area (Å²) in [4.78, 5) is 0.669. The molecule has 1 aromatic rings. The van der Waals surface area contributed by atoms with Crippen molar-refractivity contribution in [3.63, 3.8) is 0 Å². The lowest BCUT2D eigenvalue weighted by Crippen LogP contribution is -2.55. The highest BCUT2D eigenvalue weighted by Crippen LogP contribution is 2.57. The summed E-state index contributed by atoms with van der Waals surface area (Å²) in [5, 5.41) is 0. The van der Waals surface area contributed by atoms with Crippen LogP contribution in [0, 0.1) is 5.41 Å². The van der Waals surface area contributed by atoms with Crippen molar-refractivity contribution < 1.29 is 4.74 Å². The van der Waals surface area contributed by atoms with E-state index in [0.717, 1.165) is 12.2 Å². The summed E-state index contributed by atoms with van der Waals surface area (Å²) < 4.78 is 6.26. The first-order chi connectivity index (χ1) is 9.12. The molecule has 2 saturated carbocycles. The Morgan fingerprint density at radius 2 is 1.79 bits per heavy atom. The van der Waals surface area contributed by atoms with Crippen molar-refractivity contribution in [2.75, 3.05) is 0 Å². The first-order valence-electron chi connectivity index (χ1n) is 7.52. The molecular formula is C17H23BrO. The average molecular weight is 323 g/mol.